The van der Waals surface area contributed by atoms with Crippen LogP contribution in [-0.4, -0.2) is 27.9 Å². The Morgan fingerprint density at radius 1 is 1.26 bits per heavy atom. The van der Waals surface area contributed by atoms with Gasteiger partial charge in [0.15, 0.2) is 0 Å². The van der Waals surface area contributed by atoms with Crippen LogP contribution in [0.25, 0.3) is 0 Å². The molecule has 3 rings (SSSR count). The first-order valence-electron chi connectivity index (χ1n) is 7.40. The number of benzene rings is 1. The Kier molecular flexibility index (Phi) is 4.09. The molecule has 2 heterocycles. The molecule has 0 radical (unpaired) electrons. The number of carbonyl (C=O) groups is 1. The summed E-state index contributed by atoms with van der Waals surface area (Å²) in [5.41, 5.74) is -0.136. The lowest BCUT2D eigenvalue weighted by Gasteiger charge is -2.49. The Labute approximate surface area is 133 Å². The average Bonchev–Trinajstić information content (AvgIpc) is 2.53. The predicted molar refractivity (Wildman–Crippen MR) is 82.7 cm³/mol. The Morgan fingerprint density at radius 2 is 1.91 bits per heavy atom. The third-order valence-corrected chi connectivity index (χ3v) is 4.40. The minimum Gasteiger partial charge on any atom is -0.324 e. The quantitative estimate of drug-likeness (QED) is 0.943. The first-order chi connectivity index (χ1) is 11.0. The van der Waals surface area contributed by atoms with Crippen molar-refractivity contribution < 1.29 is 13.6 Å². The molecule has 1 aliphatic heterocycles. The number of nitrogens with zero attached hydrogens (tertiary/aromatic N) is 2. The largest absolute Gasteiger partial charge is 0.324 e. The number of likely N-dealkylation sites (tertiary alicyclic amines) is 1. The molecule has 1 aromatic heterocycles. The van der Waals surface area contributed by atoms with E-state index in [-0.39, 0.29) is 18.0 Å². The maximum atomic E-state index is 13.8. The monoisotopic (exact) mass is 317 g/mol. The fourth-order valence-corrected chi connectivity index (χ4v) is 2.69. The topological polar surface area (TPSA) is 45.2 Å². The van der Waals surface area contributed by atoms with Crippen LogP contribution in [0.3, 0.4) is 0 Å². The molecule has 1 aromatic carbocycles. The minimum atomic E-state index is -0.780. The summed E-state index contributed by atoms with van der Waals surface area (Å²) in [7, 11) is 0. The van der Waals surface area contributed by atoms with E-state index in [2.05, 4.69) is 10.3 Å². The summed E-state index contributed by atoms with van der Waals surface area (Å²) in [6.07, 6.45) is 3.82. The Hall–Kier alpha value is -2.34. The van der Waals surface area contributed by atoms with E-state index in [0.29, 0.717) is 18.7 Å². The molecule has 1 amide bonds. The lowest BCUT2D eigenvalue weighted by atomic mass is 9.85. The molecular formula is C17H17F2N3O. The van der Waals surface area contributed by atoms with E-state index in [0.717, 1.165) is 0 Å². The van der Waals surface area contributed by atoms with Crippen molar-refractivity contribution in [2.24, 2.45) is 0 Å². The van der Waals surface area contributed by atoms with Crippen molar-refractivity contribution in [3.05, 3.63) is 59.9 Å². The van der Waals surface area contributed by atoms with E-state index < -0.39 is 17.2 Å². The van der Waals surface area contributed by atoms with Crippen molar-refractivity contribution in [1.82, 2.24) is 9.88 Å². The Balaban J connectivity index is 1.74. The van der Waals surface area contributed by atoms with Crippen LogP contribution < -0.4 is 5.32 Å². The summed E-state index contributed by atoms with van der Waals surface area (Å²) < 4.78 is 27.6. The van der Waals surface area contributed by atoms with Gasteiger partial charge in [-0.1, -0.05) is 6.07 Å². The van der Waals surface area contributed by atoms with Gasteiger partial charge in [0.25, 0.3) is 0 Å². The van der Waals surface area contributed by atoms with E-state index in [1.165, 1.54) is 18.2 Å². The van der Waals surface area contributed by atoms with Gasteiger partial charge in [0.1, 0.15) is 11.6 Å². The van der Waals surface area contributed by atoms with Gasteiger partial charge >= 0.3 is 0 Å². The smallest absolute Gasteiger partial charge is 0.244 e. The highest BCUT2D eigenvalue weighted by Crippen LogP contribution is 2.34. The third-order valence-electron chi connectivity index (χ3n) is 4.40. The zero-order valence-corrected chi connectivity index (χ0v) is 12.7. The number of hydrogen-bond acceptors (Lipinski definition) is 3. The number of amides is 1. The normalized spacial score (nSPS) is 20.8. The van der Waals surface area contributed by atoms with Crippen LogP contribution in [0.2, 0.25) is 0 Å². The van der Waals surface area contributed by atoms with Gasteiger partial charge in [-0.3, -0.25) is 14.7 Å². The minimum absolute atomic E-state index is 0.00450. The fraction of sp³-hybridized carbons (Fsp3) is 0.294. The molecule has 0 bridgehead atoms. The van der Waals surface area contributed by atoms with Crippen molar-refractivity contribution in [3.8, 4) is 0 Å². The van der Waals surface area contributed by atoms with Gasteiger partial charge in [-0.2, -0.15) is 0 Å². The first kappa shape index (κ1) is 15.6. The molecule has 0 saturated carbocycles. The molecule has 1 atom stereocenters. The summed E-state index contributed by atoms with van der Waals surface area (Å²) in [6.45, 7) is 2.47. The maximum absolute atomic E-state index is 13.8. The second-order valence-corrected chi connectivity index (χ2v) is 5.84. The van der Waals surface area contributed by atoms with Gasteiger partial charge in [-0.15, -0.1) is 0 Å². The molecule has 23 heavy (non-hydrogen) atoms. The van der Waals surface area contributed by atoms with Crippen molar-refractivity contribution in [3.63, 3.8) is 0 Å². The highest BCUT2D eigenvalue weighted by Gasteiger charge is 2.47. The molecule has 1 N–H and O–H groups in total. The molecule has 1 unspecified atom stereocenters. The van der Waals surface area contributed by atoms with Crippen LogP contribution in [0, 0.1) is 11.6 Å². The predicted octanol–water partition coefficient (Wildman–Crippen LogP) is 2.96. The van der Waals surface area contributed by atoms with Crippen LogP contribution in [-0.2, 0) is 11.3 Å². The zero-order valence-electron chi connectivity index (χ0n) is 12.7. The van der Waals surface area contributed by atoms with Crippen molar-refractivity contribution in [2.45, 2.75) is 25.4 Å². The summed E-state index contributed by atoms with van der Waals surface area (Å²) in [5.74, 6) is -1.37. The number of pyridine rings is 1. The number of rotatable bonds is 4. The highest BCUT2D eigenvalue weighted by molar-refractivity contribution is 5.98. The standard InChI is InChI=1S/C17H17F2N3O/c1-17(16(23)21-12-5-8-20-9-6-12)7-10-22(17)11-13-14(18)3-2-4-15(13)19/h2-6,8-9H,7,10-11H2,1H3,(H,20,21,23). The van der Waals surface area contributed by atoms with E-state index in [9.17, 15) is 13.6 Å². The van der Waals surface area contributed by atoms with Crippen molar-refractivity contribution in [2.75, 3.05) is 11.9 Å². The van der Waals surface area contributed by atoms with Gasteiger partial charge < -0.3 is 5.32 Å². The molecule has 0 aliphatic carbocycles. The zero-order chi connectivity index (χ0) is 16.4. The number of aromatic nitrogens is 1. The number of carbonyl (C=O) groups excluding carboxylic acids is 1. The van der Waals surface area contributed by atoms with Crippen LogP contribution in [0.15, 0.2) is 42.7 Å². The SMILES string of the molecule is CC1(C(=O)Nc2ccncc2)CCN1Cc1c(F)cccc1F. The number of anilines is 1. The van der Waals surface area contributed by atoms with Gasteiger partial charge in [-0.25, -0.2) is 8.78 Å². The van der Waals surface area contributed by atoms with Gasteiger partial charge in [0, 0.05) is 36.7 Å². The second kappa shape index (κ2) is 6.04. The van der Waals surface area contributed by atoms with E-state index in [1.54, 1.807) is 36.4 Å². The lowest BCUT2D eigenvalue weighted by Crippen LogP contribution is -2.63. The average molecular weight is 317 g/mol. The van der Waals surface area contributed by atoms with Gasteiger partial charge in [0.2, 0.25) is 5.91 Å². The fourth-order valence-electron chi connectivity index (χ4n) is 2.69. The molecule has 2 aromatic rings. The first-order valence-corrected chi connectivity index (χ1v) is 7.40. The summed E-state index contributed by atoms with van der Waals surface area (Å²) in [4.78, 5) is 18.2. The molecule has 1 saturated heterocycles. The van der Waals surface area contributed by atoms with Crippen LogP contribution in [0.4, 0.5) is 14.5 Å². The Morgan fingerprint density at radius 3 is 2.48 bits per heavy atom. The summed E-state index contributed by atoms with van der Waals surface area (Å²) in [6, 6.07) is 7.18. The number of hydrogen-bond donors (Lipinski definition) is 1. The molecule has 120 valence electrons. The maximum Gasteiger partial charge on any atom is 0.244 e. The lowest BCUT2D eigenvalue weighted by molar-refractivity contribution is -0.136. The molecule has 6 heteroatoms. The molecule has 0 spiro atoms. The number of nitrogens with one attached hydrogen (secondary N) is 1. The van der Waals surface area contributed by atoms with E-state index >= 15 is 0 Å². The van der Waals surface area contributed by atoms with Crippen LogP contribution in [0.5, 0.6) is 0 Å². The highest BCUT2D eigenvalue weighted by atomic mass is 19.1. The van der Waals surface area contributed by atoms with Crippen molar-refractivity contribution >= 4 is 11.6 Å². The van der Waals surface area contributed by atoms with Crippen LogP contribution >= 0.6 is 0 Å². The Bertz CT molecular complexity index is 703. The molecular weight excluding hydrogens is 300 g/mol. The third kappa shape index (κ3) is 2.94. The summed E-state index contributed by atoms with van der Waals surface area (Å²) >= 11 is 0. The second-order valence-electron chi connectivity index (χ2n) is 5.84. The molecule has 1 fully saturated rings. The number of halogens is 2. The molecule has 1 aliphatic rings. The molecule has 4 nitrogen and oxygen atoms in total. The van der Waals surface area contributed by atoms with Crippen LogP contribution in [0.1, 0.15) is 18.9 Å². The van der Waals surface area contributed by atoms with Gasteiger partial charge in [-0.05, 0) is 37.6 Å². The van der Waals surface area contributed by atoms with E-state index in [4.69, 9.17) is 0 Å². The summed E-state index contributed by atoms with van der Waals surface area (Å²) in [5, 5.41) is 2.82. The van der Waals surface area contributed by atoms with Crippen molar-refractivity contribution in [1.29, 1.82) is 0 Å². The van der Waals surface area contributed by atoms with E-state index in [1.807, 2.05) is 0 Å². The van der Waals surface area contributed by atoms with Gasteiger partial charge in [0.05, 0.1) is 5.54 Å².